The van der Waals surface area contributed by atoms with Gasteiger partial charge in [-0.05, 0) is 19.4 Å². The Morgan fingerprint density at radius 2 is 2.15 bits per heavy atom. The maximum atomic E-state index is 11.9. The fraction of sp³-hybridized carbons (Fsp3) is 0.562. The Morgan fingerprint density at radius 3 is 2.75 bits per heavy atom. The summed E-state index contributed by atoms with van der Waals surface area (Å²) in [7, 11) is 0. The van der Waals surface area contributed by atoms with Crippen LogP contribution in [0.4, 0.5) is 0 Å². The maximum Gasteiger partial charge on any atom is 0.323 e. The largest absolute Gasteiger partial charge is 0.465 e. The van der Waals surface area contributed by atoms with Gasteiger partial charge in [0, 0.05) is 17.5 Å². The van der Waals surface area contributed by atoms with Crippen molar-refractivity contribution < 1.29 is 9.53 Å². The Kier molecular flexibility index (Phi) is 7.70. The number of ether oxygens (including phenoxy) is 1. The van der Waals surface area contributed by atoms with E-state index in [2.05, 4.69) is 36.5 Å². The van der Waals surface area contributed by atoms with E-state index >= 15 is 0 Å². The molecular weight excluding hydrogens is 270 g/mol. The van der Waals surface area contributed by atoms with Gasteiger partial charge in [-0.1, -0.05) is 43.7 Å². The van der Waals surface area contributed by atoms with Crippen LogP contribution < -0.4 is 5.32 Å². The number of rotatable bonds is 8. The van der Waals surface area contributed by atoms with Crippen molar-refractivity contribution in [1.82, 2.24) is 5.32 Å². The molecule has 4 heteroatoms. The van der Waals surface area contributed by atoms with Gasteiger partial charge < -0.3 is 10.1 Å². The van der Waals surface area contributed by atoms with Gasteiger partial charge >= 0.3 is 5.97 Å². The zero-order chi connectivity index (χ0) is 15.0. The molecule has 0 heterocycles. The van der Waals surface area contributed by atoms with Crippen LogP contribution in [-0.4, -0.2) is 30.4 Å². The first-order valence-corrected chi connectivity index (χ1v) is 8.24. The number of hydrogen-bond acceptors (Lipinski definition) is 4. The minimum Gasteiger partial charge on any atom is -0.465 e. The van der Waals surface area contributed by atoms with Gasteiger partial charge in [0.15, 0.2) is 0 Å². The van der Waals surface area contributed by atoms with Crippen molar-refractivity contribution in [3.63, 3.8) is 0 Å². The van der Waals surface area contributed by atoms with Gasteiger partial charge in [0.05, 0.1) is 6.61 Å². The molecule has 0 aromatic heterocycles. The van der Waals surface area contributed by atoms with E-state index in [0.29, 0.717) is 6.61 Å². The molecule has 0 amide bonds. The number of benzene rings is 1. The van der Waals surface area contributed by atoms with Crippen molar-refractivity contribution in [2.75, 3.05) is 12.4 Å². The lowest BCUT2D eigenvalue weighted by molar-refractivity contribution is -0.145. The van der Waals surface area contributed by atoms with Crippen LogP contribution in [-0.2, 0) is 15.3 Å². The summed E-state index contributed by atoms with van der Waals surface area (Å²) in [5.74, 6) is 1.49. The third kappa shape index (κ3) is 6.44. The van der Waals surface area contributed by atoms with Crippen LogP contribution in [0.3, 0.4) is 0 Å². The Balaban J connectivity index is 2.47. The second kappa shape index (κ2) is 9.03. The molecule has 20 heavy (non-hydrogen) atoms. The highest BCUT2D eigenvalue weighted by Gasteiger charge is 2.20. The van der Waals surface area contributed by atoms with Gasteiger partial charge in [0.25, 0.3) is 0 Å². The Bertz CT molecular complexity index is 421. The van der Waals surface area contributed by atoms with Gasteiger partial charge in [-0.15, -0.1) is 0 Å². The lowest BCUT2D eigenvalue weighted by Crippen LogP contribution is -2.43. The number of aryl methyl sites for hydroxylation is 1. The molecule has 0 saturated heterocycles. The fourth-order valence-electron chi connectivity index (χ4n) is 1.93. The van der Waals surface area contributed by atoms with E-state index in [0.717, 1.165) is 11.5 Å². The molecule has 0 aliphatic carbocycles. The molecule has 3 nitrogen and oxygen atoms in total. The van der Waals surface area contributed by atoms with Crippen molar-refractivity contribution in [3.8, 4) is 0 Å². The number of esters is 1. The summed E-state index contributed by atoms with van der Waals surface area (Å²) in [6.45, 7) is 8.44. The molecule has 1 rings (SSSR count). The van der Waals surface area contributed by atoms with Crippen LogP contribution in [0, 0.1) is 6.92 Å². The predicted molar refractivity (Wildman–Crippen MR) is 86.0 cm³/mol. The second-order valence-corrected chi connectivity index (χ2v) is 6.16. The highest BCUT2D eigenvalue weighted by molar-refractivity contribution is 7.98. The summed E-state index contributed by atoms with van der Waals surface area (Å²) in [6, 6.07) is 8.50. The first-order chi connectivity index (χ1) is 9.52. The van der Waals surface area contributed by atoms with Gasteiger partial charge in [0.1, 0.15) is 6.04 Å². The first-order valence-electron chi connectivity index (χ1n) is 7.09. The summed E-state index contributed by atoms with van der Waals surface area (Å²) in [6.07, 6.45) is 0. The summed E-state index contributed by atoms with van der Waals surface area (Å²) in [5, 5.41) is 3.27. The molecule has 0 radical (unpaired) electrons. The van der Waals surface area contributed by atoms with Crippen molar-refractivity contribution in [2.45, 2.75) is 45.5 Å². The van der Waals surface area contributed by atoms with E-state index in [4.69, 9.17) is 4.74 Å². The smallest absolute Gasteiger partial charge is 0.323 e. The molecule has 1 aromatic rings. The zero-order valence-corrected chi connectivity index (χ0v) is 13.6. The molecule has 1 unspecified atom stereocenters. The van der Waals surface area contributed by atoms with E-state index in [1.54, 1.807) is 11.8 Å². The minimum atomic E-state index is -0.232. The number of nitrogens with one attached hydrogen (secondary N) is 1. The lowest BCUT2D eigenvalue weighted by Gasteiger charge is -2.19. The van der Waals surface area contributed by atoms with Crippen molar-refractivity contribution in [3.05, 3.63) is 35.4 Å². The van der Waals surface area contributed by atoms with Crippen LogP contribution in [0.5, 0.6) is 0 Å². The Labute approximate surface area is 126 Å². The van der Waals surface area contributed by atoms with Crippen molar-refractivity contribution in [2.24, 2.45) is 0 Å². The maximum absolute atomic E-state index is 11.9. The van der Waals surface area contributed by atoms with Gasteiger partial charge in [0.2, 0.25) is 0 Å². The van der Waals surface area contributed by atoms with Gasteiger partial charge in [-0.3, -0.25) is 4.79 Å². The van der Waals surface area contributed by atoms with E-state index in [1.165, 1.54) is 11.1 Å². The molecule has 112 valence electrons. The molecule has 0 aliphatic rings. The van der Waals surface area contributed by atoms with Crippen LogP contribution in [0.1, 0.15) is 31.9 Å². The molecular formula is C16H25NO2S. The van der Waals surface area contributed by atoms with Crippen molar-refractivity contribution >= 4 is 17.7 Å². The van der Waals surface area contributed by atoms with E-state index in [1.807, 2.05) is 20.8 Å². The number of carbonyl (C=O) groups is 1. The number of carbonyl (C=O) groups excluding carboxylic acids is 1. The normalized spacial score (nSPS) is 12.4. The molecule has 1 N–H and O–H groups in total. The summed E-state index contributed by atoms with van der Waals surface area (Å²) >= 11 is 1.76. The highest BCUT2D eigenvalue weighted by atomic mass is 32.2. The summed E-state index contributed by atoms with van der Waals surface area (Å²) in [5.41, 5.74) is 2.56. The van der Waals surface area contributed by atoms with E-state index in [-0.39, 0.29) is 18.1 Å². The van der Waals surface area contributed by atoms with Gasteiger partial charge in [-0.2, -0.15) is 11.8 Å². The van der Waals surface area contributed by atoms with E-state index < -0.39 is 0 Å². The Hall–Kier alpha value is -1.00. The van der Waals surface area contributed by atoms with Crippen LogP contribution >= 0.6 is 11.8 Å². The molecule has 0 saturated carbocycles. The Morgan fingerprint density at radius 1 is 1.40 bits per heavy atom. The molecule has 0 fully saturated rings. The average Bonchev–Trinajstić information content (AvgIpc) is 2.37. The first kappa shape index (κ1) is 17.1. The molecule has 0 spiro atoms. The number of hydrogen-bond donors (Lipinski definition) is 1. The number of thioether (sulfide) groups is 1. The van der Waals surface area contributed by atoms with E-state index in [9.17, 15) is 4.79 Å². The van der Waals surface area contributed by atoms with Crippen molar-refractivity contribution in [1.29, 1.82) is 0 Å². The molecule has 1 atom stereocenters. The summed E-state index contributed by atoms with van der Waals surface area (Å²) in [4.78, 5) is 11.9. The SMILES string of the molecule is CCOC(=O)C(CSCc1cccc(C)c1)NC(C)C. The summed E-state index contributed by atoms with van der Waals surface area (Å²) < 4.78 is 5.11. The molecule has 0 bridgehead atoms. The van der Waals surface area contributed by atoms with Crippen LogP contribution in [0.25, 0.3) is 0 Å². The van der Waals surface area contributed by atoms with Crippen LogP contribution in [0.2, 0.25) is 0 Å². The molecule has 1 aromatic carbocycles. The third-order valence-electron chi connectivity index (χ3n) is 2.74. The monoisotopic (exact) mass is 295 g/mol. The fourth-order valence-corrected chi connectivity index (χ4v) is 2.93. The standard InChI is InChI=1S/C16H25NO2S/c1-5-19-16(18)15(17-12(2)3)11-20-10-14-8-6-7-13(4)9-14/h6-9,12,15,17H,5,10-11H2,1-4H3. The average molecular weight is 295 g/mol. The van der Waals surface area contributed by atoms with Crippen LogP contribution in [0.15, 0.2) is 24.3 Å². The zero-order valence-electron chi connectivity index (χ0n) is 12.8. The van der Waals surface area contributed by atoms with Gasteiger partial charge in [-0.25, -0.2) is 0 Å². The topological polar surface area (TPSA) is 38.3 Å². The molecule has 0 aliphatic heterocycles. The second-order valence-electron chi connectivity index (χ2n) is 5.13. The minimum absolute atomic E-state index is 0.155. The highest BCUT2D eigenvalue weighted by Crippen LogP contribution is 2.15. The third-order valence-corrected chi connectivity index (χ3v) is 3.85. The lowest BCUT2D eigenvalue weighted by atomic mass is 10.2. The quantitative estimate of drug-likeness (QED) is 0.748. The predicted octanol–water partition coefficient (Wildman–Crippen LogP) is 3.16.